The molecule has 10 heteroatoms. The molecule has 4 aromatic rings. The third-order valence-corrected chi connectivity index (χ3v) is 6.79. The van der Waals surface area contributed by atoms with Crippen LogP contribution in [-0.2, 0) is 9.59 Å². The van der Waals surface area contributed by atoms with Crippen LogP contribution in [-0.4, -0.2) is 17.7 Å². The van der Waals surface area contributed by atoms with Crippen molar-refractivity contribution >= 4 is 69.6 Å². The Balaban J connectivity index is 1.23. The number of ether oxygens (including phenoxy) is 1. The molecule has 0 bridgehead atoms. The highest BCUT2D eigenvalue weighted by Gasteiger charge is 2.39. The number of nitrogens with one attached hydrogen (secondary N) is 2. The molecule has 0 radical (unpaired) electrons. The first-order valence-electron chi connectivity index (χ1n) is 11.5. The average molecular weight is 579 g/mol. The fourth-order valence-corrected chi connectivity index (χ4v) is 4.26. The van der Waals surface area contributed by atoms with E-state index < -0.39 is 11.8 Å². The van der Waals surface area contributed by atoms with E-state index in [-0.39, 0.29) is 32.4 Å². The summed E-state index contributed by atoms with van der Waals surface area (Å²) in [6.45, 7) is 0. The zero-order valence-electron chi connectivity index (χ0n) is 20.0. The van der Waals surface area contributed by atoms with Gasteiger partial charge in [-0.1, -0.05) is 53.0 Å². The molecule has 0 fully saturated rings. The summed E-state index contributed by atoms with van der Waals surface area (Å²) >= 11 is 18.2. The molecule has 0 unspecified atom stereocenters. The summed E-state index contributed by atoms with van der Waals surface area (Å²) in [6, 6.07) is 27.1. The van der Waals surface area contributed by atoms with Crippen LogP contribution < -0.4 is 20.3 Å². The second-order valence-corrected chi connectivity index (χ2v) is 9.52. The van der Waals surface area contributed by atoms with Crippen molar-refractivity contribution in [3.63, 3.8) is 0 Å². The largest absolute Gasteiger partial charge is 0.457 e. The van der Waals surface area contributed by atoms with Crippen LogP contribution in [0.5, 0.6) is 11.5 Å². The summed E-state index contributed by atoms with van der Waals surface area (Å²) in [7, 11) is 0. The molecular weight excluding hydrogens is 561 g/mol. The summed E-state index contributed by atoms with van der Waals surface area (Å²) < 4.78 is 5.76. The van der Waals surface area contributed by atoms with E-state index in [2.05, 4.69) is 10.6 Å². The molecule has 1 aliphatic rings. The molecule has 4 aromatic carbocycles. The number of amides is 3. The topological polar surface area (TPSA) is 87.7 Å². The minimum atomic E-state index is -0.696. The van der Waals surface area contributed by atoms with Crippen molar-refractivity contribution in [2.75, 3.05) is 15.5 Å². The Morgan fingerprint density at radius 1 is 0.692 bits per heavy atom. The Labute approximate surface area is 238 Å². The normalized spacial score (nSPS) is 13.1. The zero-order valence-corrected chi connectivity index (χ0v) is 22.2. The predicted molar refractivity (Wildman–Crippen MR) is 153 cm³/mol. The number of hydrogen-bond acceptors (Lipinski definition) is 5. The van der Waals surface area contributed by atoms with Crippen molar-refractivity contribution < 1.29 is 19.1 Å². The molecule has 1 aliphatic heterocycles. The number of carbonyl (C=O) groups is 3. The maximum Gasteiger partial charge on any atom is 0.283 e. The molecule has 0 saturated carbocycles. The first kappa shape index (κ1) is 26.3. The monoisotopic (exact) mass is 577 g/mol. The number of imide groups is 1. The molecule has 0 aromatic heterocycles. The van der Waals surface area contributed by atoms with Crippen LogP contribution in [0.4, 0.5) is 17.1 Å². The van der Waals surface area contributed by atoms with E-state index in [0.717, 1.165) is 4.90 Å². The van der Waals surface area contributed by atoms with Crippen LogP contribution in [0.25, 0.3) is 0 Å². The van der Waals surface area contributed by atoms with E-state index in [9.17, 15) is 14.4 Å². The Morgan fingerprint density at radius 3 is 2.00 bits per heavy atom. The van der Waals surface area contributed by atoms with Gasteiger partial charge in [-0.3, -0.25) is 14.4 Å². The lowest BCUT2D eigenvalue weighted by Crippen LogP contribution is -2.32. The van der Waals surface area contributed by atoms with Crippen LogP contribution in [0.3, 0.4) is 0 Å². The SMILES string of the molecule is O=C(Nc1ccc(Oc2ccccc2)cc1)c1ccc(NC2=C(Cl)C(=O)N(c3ccc(Cl)c(Cl)c3)C2=O)cc1. The molecule has 0 spiro atoms. The highest BCUT2D eigenvalue weighted by Crippen LogP contribution is 2.33. The van der Waals surface area contributed by atoms with Gasteiger partial charge in [0.2, 0.25) is 0 Å². The second kappa shape index (κ2) is 11.2. The van der Waals surface area contributed by atoms with Gasteiger partial charge >= 0.3 is 0 Å². The predicted octanol–water partition coefficient (Wildman–Crippen LogP) is 7.47. The summed E-state index contributed by atoms with van der Waals surface area (Å²) in [6.07, 6.45) is 0. The van der Waals surface area contributed by atoms with Crippen LogP contribution in [0.2, 0.25) is 10.0 Å². The van der Waals surface area contributed by atoms with Gasteiger partial charge in [-0.05, 0) is 78.9 Å². The van der Waals surface area contributed by atoms with Gasteiger partial charge < -0.3 is 15.4 Å². The van der Waals surface area contributed by atoms with E-state index in [4.69, 9.17) is 39.5 Å². The van der Waals surface area contributed by atoms with Crippen LogP contribution >= 0.6 is 34.8 Å². The van der Waals surface area contributed by atoms with Gasteiger partial charge in [0.05, 0.1) is 15.7 Å². The molecule has 39 heavy (non-hydrogen) atoms. The Kier molecular flexibility index (Phi) is 7.56. The third kappa shape index (κ3) is 5.76. The number of halogens is 3. The first-order valence-corrected chi connectivity index (χ1v) is 12.7. The smallest absolute Gasteiger partial charge is 0.283 e. The fraction of sp³-hybridized carbons (Fsp3) is 0. The average Bonchev–Trinajstić information content (AvgIpc) is 3.15. The van der Waals surface area contributed by atoms with Crippen molar-refractivity contribution in [3.8, 4) is 11.5 Å². The summed E-state index contributed by atoms with van der Waals surface area (Å²) in [4.78, 5) is 39.3. The lowest BCUT2D eigenvalue weighted by Gasteiger charge is -2.15. The van der Waals surface area contributed by atoms with E-state index in [1.807, 2.05) is 30.3 Å². The number of nitrogens with zero attached hydrogens (tertiary/aromatic N) is 1. The second-order valence-electron chi connectivity index (χ2n) is 8.33. The lowest BCUT2D eigenvalue weighted by atomic mass is 10.2. The summed E-state index contributed by atoms with van der Waals surface area (Å²) in [5.41, 5.74) is 1.58. The molecule has 0 atom stereocenters. The number of anilines is 3. The third-order valence-electron chi connectivity index (χ3n) is 5.70. The molecule has 3 amide bonds. The highest BCUT2D eigenvalue weighted by molar-refractivity contribution is 6.53. The van der Waals surface area contributed by atoms with Crippen LogP contribution in [0.1, 0.15) is 10.4 Å². The number of para-hydroxylation sites is 1. The maximum absolute atomic E-state index is 13.0. The van der Waals surface area contributed by atoms with Gasteiger partial charge in [-0.2, -0.15) is 0 Å². The Bertz CT molecular complexity index is 1610. The maximum atomic E-state index is 13.0. The van der Waals surface area contributed by atoms with Crippen molar-refractivity contribution in [1.29, 1.82) is 0 Å². The molecule has 1 heterocycles. The molecule has 0 aliphatic carbocycles. The number of carbonyl (C=O) groups excluding carboxylic acids is 3. The highest BCUT2D eigenvalue weighted by atomic mass is 35.5. The lowest BCUT2D eigenvalue weighted by molar-refractivity contribution is -0.120. The molecular formula is C29H18Cl3N3O4. The standard InChI is InChI=1S/C29H18Cl3N3O4/c30-23-15-12-20(16-24(23)31)35-28(37)25(32)26(29(35)38)33-18-8-6-17(7-9-18)27(36)34-19-10-13-22(14-11-19)39-21-4-2-1-3-5-21/h1-16,33H,(H,34,36). The van der Waals surface area contributed by atoms with Crippen molar-refractivity contribution in [3.05, 3.63) is 123 Å². The number of hydrogen-bond donors (Lipinski definition) is 2. The minimum Gasteiger partial charge on any atom is -0.457 e. The summed E-state index contributed by atoms with van der Waals surface area (Å²) in [5, 5.41) is 5.90. The Hall–Kier alpha value is -4.30. The van der Waals surface area contributed by atoms with Gasteiger partial charge in [0.1, 0.15) is 22.2 Å². The van der Waals surface area contributed by atoms with E-state index in [0.29, 0.717) is 28.4 Å². The first-order chi connectivity index (χ1) is 18.8. The zero-order chi connectivity index (χ0) is 27.5. The van der Waals surface area contributed by atoms with Gasteiger partial charge in [0.25, 0.3) is 17.7 Å². The minimum absolute atomic E-state index is 0.0947. The van der Waals surface area contributed by atoms with E-state index in [1.165, 1.54) is 18.2 Å². The molecule has 194 valence electrons. The van der Waals surface area contributed by atoms with Crippen molar-refractivity contribution in [1.82, 2.24) is 0 Å². The Morgan fingerprint density at radius 2 is 1.33 bits per heavy atom. The molecule has 5 rings (SSSR count). The number of benzene rings is 4. The quantitative estimate of drug-likeness (QED) is 0.222. The van der Waals surface area contributed by atoms with Crippen molar-refractivity contribution in [2.24, 2.45) is 0 Å². The molecule has 2 N–H and O–H groups in total. The van der Waals surface area contributed by atoms with E-state index in [1.54, 1.807) is 48.5 Å². The van der Waals surface area contributed by atoms with Gasteiger partial charge in [-0.15, -0.1) is 0 Å². The molecule has 0 saturated heterocycles. The van der Waals surface area contributed by atoms with E-state index >= 15 is 0 Å². The fourth-order valence-electron chi connectivity index (χ4n) is 3.75. The van der Waals surface area contributed by atoms with Crippen molar-refractivity contribution in [2.45, 2.75) is 0 Å². The molecule has 7 nitrogen and oxygen atoms in total. The van der Waals surface area contributed by atoms with Gasteiger partial charge in [0, 0.05) is 16.9 Å². The van der Waals surface area contributed by atoms with Crippen LogP contribution in [0.15, 0.2) is 108 Å². The van der Waals surface area contributed by atoms with Crippen LogP contribution in [0, 0.1) is 0 Å². The van der Waals surface area contributed by atoms with Gasteiger partial charge in [0.15, 0.2) is 0 Å². The summed E-state index contributed by atoms with van der Waals surface area (Å²) in [5.74, 6) is -0.317. The van der Waals surface area contributed by atoms with Gasteiger partial charge in [-0.25, -0.2) is 4.90 Å². The number of rotatable bonds is 7.